The number of anilines is 1. The van der Waals surface area contributed by atoms with Crippen molar-refractivity contribution in [3.63, 3.8) is 0 Å². The fraction of sp³-hybridized carbons (Fsp3) is 0.286. The van der Waals surface area contributed by atoms with E-state index < -0.39 is 10.0 Å². The predicted molar refractivity (Wildman–Crippen MR) is 109 cm³/mol. The maximum absolute atomic E-state index is 13.0. The number of nitrogens with one attached hydrogen (secondary N) is 1. The molecule has 0 aliphatic carbocycles. The maximum atomic E-state index is 13.0. The van der Waals surface area contributed by atoms with Gasteiger partial charge in [-0.2, -0.15) is 4.31 Å². The van der Waals surface area contributed by atoms with Gasteiger partial charge in [0.1, 0.15) is 5.75 Å². The molecule has 0 atom stereocenters. The molecule has 2 aromatic rings. The Morgan fingerprint density at radius 2 is 1.82 bits per heavy atom. The van der Waals surface area contributed by atoms with Gasteiger partial charge < -0.3 is 10.1 Å². The Balaban J connectivity index is 1.76. The highest BCUT2D eigenvalue weighted by molar-refractivity contribution is 7.89. The van der Waals surface area contributed by atoms with Crippen LogP contribution in [-0.2, 0) is 14.8 Å². The molecule has 4 rings (SSSR count). The quantitative estimate of drug-likeness (QED) is 0.802. The molecular formula is C21H22N2O4S. The molecule has 1 amide bonds. The second kappa shape index (κ2) is 7.41. The van der Waals surface area contributed by atoms with E-state index in [0.29, 0.717) is 35.7 Å². The molecule has 1 N–H and O–H groups in total. The highest BCUT2D eigenvalue weighted by Gasteiger charge is 2.30. The summed E-state index contributed by atoms with van der Waals surface area (Å²) in [6.07, 6.45) is 4.55. The van der Waals surface area contributed by atoms with Crippen LogP contribution in [0.15, 0.2) is 47.4 Å². The fourth-order valence-corrected chi connectivity index (χ4v) is 5.21. The van der Waals surface area contributed by atoms with Crippen LogP contribution in [0.1, 0.15) is 30.4 Å². The minimum atomic E-state index is -3.57. The number of sulfonamides is 1. The number of methoxy groups -OCH3 is 1. The van der Waals surface area contributed by atoms with Crippen LogP contribution >= 0.6 is 0 Å². The summed E-state index contributed by atoms with van der Waals surface area (Å²) < 4.78 is 32.9. The fourth-order valence-electron chi connectivity index (χ4n) is 3.67. The van der Waals surface area contributed by atoms with E-state index in [-0.39, 0.29) is 10.8 Å². The van der Waals surface area contributed by atoms with Crippen molar-refractivity contribution in [3.8, 4) is 5.75 Å². The molecule has 2 aromatic carbocycles. The van der Waals surface area contributed by atoms with Crippen LogP contribution in [0.25, 0.3) is 11.6 Å². The SMILES string of the molecule is COc1ccccc1/C=C1/C(=O)Nc2ccc(S(=O)(=O)N3CCCCC3)cc21. The highest BCUT2D eigenvalue weighted by Crippen LogP contribution is 2.36. The number of hydrogen-bond acceptors (Lipinski definition) is 4. The number of hydrogen-bond donors (Lipinski definition) is 1. The lowest BCUT2D eigenvalue weighted by Crippen LogP contribution is -2.35. The van der Waals surface area contributed by atoms with Crippen molar-refractivity contribution < 1.29 is 17.9 Å². The minimum Gasteiger partial charge on any atom is -0.496 e. The van der Waals surface area contributed by atoms with E-state index in [0.717, 1.165) is 24.8 Å². The molecule has 28 heavy (non-hydrogen) atoms. The average Bonchev–Trinajstić information content (AvgIpc) is 3.03. The third-order valence-corrected chi connectivity index (χ3v) is 7.06. The van der Waals surface area contributed by atoms with Gasteiger partial charge in [0.05, 0.1) is 12.0 Å². The van der Waals surface area contributed by atoms with Gasteiger partial charge in [-0.25, -0.2) is 8.42 Å². The van der Waals surface area contributed by atoms with Crippen molar-refractivity contribution in [2.45, 2.75) is 24.2 Å². The van der Waals surface area contributed by atoms with Crippen LogP contribution in [0.4, 0.5) is 5.69 Å². The monoisotopic (exact) mass is 398 g/mol. The van der Waals surface area contributed by atoms with Gasteiger partial charge in [-0.15, -0.1) is 0 Å². The van der Waals surface area contributed by atoms with Crippen molar-refractivity contribution in [1.29, 1.82) is 0 Å². The molecule has 0 unspecified atom stereocenters. The van der Waals surface area contributed by atoms with Crippen LogP contribution in [0.2, 0.25) is 0 Å². The Morgan fingerprint density at radius 1 is 1.07 bits per heavy atom. The van der Waals surface area contributed by atoms with Crippen LogP contribution < -0.4 is 10.1 Å². The highest BCUT2D eigenvalue weighted by atomic mass is 32.2. The van der Waals surface area contributed by atoms with Crippen molar-refractivity contribution >= 4 is 33.3 Å². The van der Waals surface area contributed by atoms with Gasteiger partial charge in [0.25, 0.3) is 5.91 Å². The molecule has 0 radical (unpaired) electrons. The summed E-state index contributed by atoms with van der Waals surface area (Å²) in [6, 6.07) is 12.2. The first-order valence-electron chi connectivity index (χ1n) is 9.31. The van der Waals surface area contributed by atoms with E-state index in [4.69, 9.17) is 4.74 Å². The Labute approximate surface area is 164 Å². The summed E-state index contributed by atoms with van der Waals surface area (Å²) in [6.45, 7) is 1.08. The standard InChI is InChI=1S/C21H22N2O4S/c1-27-20-8-4-3-7-15(20)13-18-17-14-16(9-10-19(17)22-21(18)24)28(25,26)23-11-5-2-6-12-23/h3-4,7-10,13-14H,2,5-6,11-12H2,1H3,(H,22,24)/b18-13+. The number of amides is 1. The third kappa shape index (κ3) is 3.31. The number of rotatable bonds is 4. The molecule has 2 aliphatic heterocycles. The molecule has 146 valence electrons. The maximum Gasteiger partial charge on any atom is 0.256 e. The van der Waals surface area contributed by atoms with Gasteiger partial charge in [-0.1, -0.05) is 24.6 Å². The lowest BCUT2D eigenvalue weighted by molar-refractivity contribution is -0.110. The number of ether oxygens (including phenoxy) is 1. The number of fused-ring (bicyclic) bond motifs is 1. The van der Waals surface area contributed by atoms with E-state index in [2.05, 4.69) is 5.32 Å². The molecule has 0 bridgehead atoms. The minimum absolute atomic E-state index is 0.218. The number of nitrogens with zero attached hydrogens (tertiary/aromatic N) is 1. The zero-order chi connectivity index (χ0) is 19.7. The number of carbonyl (C=O) groups is 1. The molecule has 1 fully saturated rings. The number of para-hydroxylation sites is 1. The largest absolute Gasteiger partial charge is 0.496 e. The number of piperidine rings is 1. The van der Waals surface area contributed by atoms with Gasteiger partial charge in [-0.05, 0) is 43.2 Å². The van der Waals surface area contributed by atoms with Gasteiger partial charge in [-0.3, -0.25) is 4.79 Å². The smallest absolute Gasteiger partial charge is 0.256 e. The van der Waals surface area contributed by atoms with Crippen LogP contribution in [0.3, 0.4) is 0 Å². The zero-order valence-electron chi connectivity index (χ0n) is 15.6. The third-order valence-electron chi connectivity index (χ3n) is 5.17. The van der Waals surface area contributed by atoms with Crippen molar-refractivity contribution in [1.82, 2.24) is 4.31 Å². The molecule has 2 aliphatic rings. The molecular weight excluding hydrogens is 376 g/mol. The van der Waals surface area contributed by atoms with Crippen LogP contribution in [-0.4, -0.2) is 38.8 Å². The van der Waals surface area contributed by atoms with Gasteiger partial charge in [0.15, 0.2) is 0 Å². The van der Waals surface area contributed by atoms with Gasteiger partial charge in [0.2, 0.25) is 10.0 Å². The normalized spacial score (nSPS) is 18.8. The van der Waals surface area contributed by atoms with Crippen LogP contribution in [0.5, 0.6) is 5.75 Å². The molecule has 7 heteroatoms. The summed E-state index contributed by atoms with van der Waals surface area (Å²) in [4.78, 5) is 12.7. The predicted octanol–water partition coefficient (Wildman–Crippen LogP) is 3.36. The van der Waals surface area contributed by atoms with Crippen molar-refractivity contribution in [2.24, 2.45) is 0 Å². The first-order valence-corrected chi connectivity index (χ1v) is 10.8. The lowest BCUT2D eigenvalue weighted by atomic mass is 10.0. The molecule has 0 aromatic heterocycles. The zero-order valence-corrected chi connectivity index (χ0v) is 16.5. The first kappa shape index (κ1) is 18.7. The van der Waals surface area contributed by atoms with E-state index in [1.54, 1.807) is 31.4 Å². The van der Waals surface area contributed by atoms with Crippen molar-refractivity contribution in [3.05, 3.63) is 53.6 Å². The van der Waals surface area contributed by atoms with Gasteiger partial charge in [0, 0.05) is 35.5 Å². The summed E-state index contributed by atoms with van der Waals surface area (Å²) in [5.74, 6) is 0.391. The Bertz CT molecular complexity index is 1050. The lowest BCUT2D eigenvalue weighted by Gasteiger charge is -2.26. The molecule has 6 nitrogen and oxygen atoms in total. The molecule has 2 heterocycles. The number of benzene rings is 2. The Hall–Kier alpha value is -2.64. The first-order chi connectivity index (χ1) is 13.5. The van der Waals surface area contributed by atoms with E-state index in [9.17, 15) is 13.2 Å². The Kier molecular flexibility index (Phi) is 4.95. The molecule has 0 saturated carbocycles. The van der Waals surface area contributed by atoms with Gasteiger partial charge >= 0.3 is 0 Å². The molecule has 1 saturated heterocycles. The summed E-state index contributed by atoms with van der Waals surface area (Å²) in [7, 11) is -2.00. The summed E-state index contributed by atoms with van der Waals surface area (Å²) in [5.41, 5.74) is 2.39. The van der Waals surface area contributed by atoms with E-state index in [1.165, 1.54) is 4.31 Å². The topological polar surface area (TPSA) is 75.7 Å². The van der Waals surface area contributed by atoms with E-state index >= 15 is 0 Å². The Morgan fingerprint density at radius 3 is 2.57 bits per heavy atom. The van der Waals surface area contributed by atoms with Crippen LogP contribution in [0, 0.1) is 0 Å². The second-order valence-electron chi connectivity index (χ2n) is 6.93. The molecule has 0 spiro atoms. The second-order valence-corrected chi connectivity index (χ2v) is 8.86. The van der Waals surface area contributed by atoms with E-state index in [1.807, 2.05) is 24.3 Å². The van der Waals surface area contributed by atoms with Crippen molar-refractivity contribution in [2.75, 3.05) is 25.5 Å². The average molecular weight is 398 g/mol. The summed E-state index contributed by atoms with van der Waals surface area (Å²) >= 11 is 0. The summed E-state index contributed by atoms with van der Waals surface area (Å²) in [5, 5.41) is 2.81. The number of carbonyl (C=O) groups excluding carboxylic acids is 1.